The molecule has 0 aliphatic heterocycles. The average Bonchev–Trinajstić information content (AvgIpc) is 2.37. The van der Waals surface area contributed by atoms with Gasteiger partial charge in [-0.3, -0.25) is 4.79 Å². The number of amides is 1. The predicted octanol–water partition coefficient (Wildman–Crippen LogP) is 2.08. The predicted molar refractivity (Wildman–Crippen MR) is 72.9 cm³/mol. The SMILES string of the molecule is NC(=O)C(Cc1cccc(N)c1)c1ccccc1. The molecule has 0 spiro atoms. The molecular formula is C15H16N2O. The van der Waals surface area contributed by atoms with Gasteiger partial charge in [0.1, 0.15) is 0 Å². The molecule has 2 aromatic carbocycles. The molecular weight excluding hydrogens is 224 g/mol. The molecule has 1 amide bonds. The van der Waals surface area contributed by atoms with Crippen molar-refractivity contribution in [3.8, 4) is 0 Å². The second kappa shape index (κ2) is 5.36. The summed E-state index contributed by atoms with van der Waals surface area (Å²) in [5.41, 5.74) is 13.9. The number of carbonyl (C=O) groups excluding carboxylic acids is 1. The first-order valence-corrected chi connectivity index (χ1v) is 5.85. The normalized spacial score (nSPS) is 12.0. The van der Waals surface area contributed by atoms with E-state index in [-0.39, 0.29) is 11.8 Å². The van der Waals surface area contributed by atoms with Gasteiger partial charge in [-0.05, 0) is 29.7 Å². The molecule has 18 heavy (non-hydrogen) atoms. The van der Waals surface area contributed by atoms with Gasteiger partial charge in [0.15, 0.2) is 0 Å². The van der Waals surface area contributed by atoms with Crippen LogP contribution in [-0.2, 0) is 11.2 Å². The van der Waals surface area contributed by atoms with Crippen LogP contribution in [0.25, 0.3) is 0 Å². The van der Waals surface area contributed by atoms with Crippen LogP contribution in [0.2, 0.25) is 0 Å². The fourth-order valence-corrected chi connectivity index (χ4v) is 2.02. The Morgan fingerprint density at radius 1 is 1.06 bits per heavy atom. The maximum absolute atomic E-state index is 11.6. The number of benzene rings is 2. The maximum Gasteiger partial charge on any atom is 0.225 e. The number of primary amides is 1. The van der Waals surface area contributed by atoms with Gasteiger partial charge in [0.05, 0.1) is 5.92 Å². The fraction of sp³-hybridized carbons (Fsp3) is 0.133. The van der Waals surface area contributed by atoms with Gasteiger partial charge in [-0.2, -0.15) is 0 Å². The molecule has 2 rings (SSSR count). The van der Waals surface area contributed by atoms with E-state index in [1.807, 2.05) is 54.6 Å². The second-order valence-electron chi connectivity index (χ2n) is 4.31. The lowest BCUT2D eigenvalue weighted by atomic mass is 9.91. The first-order valence-electron chi connectivity index (χ1n) is 5.85. The number of anilines is 1. The third kappa shape index (κ3) is 2.88. The van der Waals surface area contributed by atoms with Crippen LogP contribution in [-0.4, -0.2) is 5.91 Å². The van der Waals surface area contributed by atoms with E-state index in [2.05, 4.69) is 0 Å². The summed E-state index contributed by atoms with van der Waals surface area (Å²) in [6.45, 7) is 0. The van der Waals surface area contributed by atoms with Gasteiger partial charge in [0, 0.05) is 5.69 Å². The molecule has 1 atom stereocenters. The van der Waals surface area contributed by atoms with E-state index in [0.29, 0.717) is 12.1 Å². The largest absolute Gasteiger partial charge is 0.399 e. The zero-order chi connectivity index (χ0) is 13.0. The summed E-state index contributed by atoms with van der Waals surface area (Å²) in [7, 11) is 0. The molecule has 4 N–H and O–H groups in total. The summed E-state index contributed by atoms with van der Waals surface area (Å²) >= 11 is 0. The minimum atomic E-state index is -0.316. The van der Waals surface area contributed by atoms with Crippen molar-refractivity contribution >= 4 is 11.6 Å². The van der Waals surface area contributed by atoms with Crippen LogP contribution in [0.15, 0.2) is 54.6 Å². The minimum absolute atomic E-state index is 0.312. The Balaban J connectivity index is 2.25. The van der Waals surface area contributed by atoms with E-state index in [9.17, 15) is 4.79 Å². The molecule has 0 saturated heterocycles. The highest BCUT2D eigenvalue weighted by Crippen LogP contribution is 2.21. The molecule has 1 unspecified atom stereocenters. The topological polar surface area (TPSA) is 69.1 Å². The third-order valence-corrected chi connectivity index (χ3v) is 2.94. The van der Waals surface area contributed by atoms with Gasteiger partial charge in [0.2, 0.25) is 5.91 Å². The molecule has 0 aliphatic carbocycles. The van der Waals surface area contributed by atoms with Gasteiger partial charge in [0.25, 0.3) is 0 Å². The molecule has 2 aromatic rings. The van der Waals surface area contributed by atoms with Crippen LogP contribution < -0.4 is 11.5 Å². The maximum atomic E-state index is 11.6. The number of hydrogen-bond acceptors (Lipinski definition) is 2. The molecule has 0 radical (unpaired) electrons. The van der Waals surface area contributed by atoms with Crippen LogP contribution >= 0.6 is 0 Å². The van der Waals surface area contributed by atoms with Crippen LogP contribution in [0.4, 0.5) is 5.69 Å². The number of nitrogen functional groups attached to an aromatic ring is 1. The van der Waals surface area contributed by atoms with E-state index in [1.54, 1.807) is 0 Å². The highest BCUT2D eigenvalue weighted by molar-refractivity contribution is 5.82. The zero-order valence-corrected chi connectivity index (χ0v) is 10.0. The van der Waals surface area contributed by atoms with Crippen molar-refractivity contribution in [2.45, 2.75) is 12.3 Å². The molecule has 0 heterocycles. The number of rotatable bonds is 4. The quantitative estimate of drug-likeness (QED) is 0.803. The van der Waals surface area contributed by atoms with E-state index >= 15 is 0 Å². The van der Waals surface area contributed by atoms with Crippen molar-refractivity contribution in [1.82, 2.24) is 0 Å². The van der Waals surface area contributed by atoms with Gasteiger partial charge in [-0.25, -0.2) is 0 Å². The van der Waals surface area contributed by atoms with Crippen LogP contribution in [0.1, 0.15) is 17.0 Å². The number of nitrogens with two attached hydrogens (primary N) is 2. The minimum Gasteiger partial charge on any atom is -0.399 e. The zero-order valence-electron chi connectivity index (χ0n) is 10.0. The molecule has 0 aliphatic rings. The smallest absolute Gasteiger partial charge is 0.225 e. The summed E-state index contributed by atoms with van der Waals surface area (Å²) in [5, 5.41) is 0. The summed E-state index contributed by atoms with van der Waals surface area (Å²) in [5.74, 6) is -0.628. The Morgan fingerprint density at radius 2 is 1.78 bits per heavy atom. The molecule has 3 nitrogen and oxygen atoms in total. The lowest BCUT2D eigenvalue weighted by Crippen LogP contribution is -2.23. The van der Waals surface area contributed by atoms with Crippen LogP contribution in [0.3, 0.4) is 0 Å². The van der Waals surface area contributed by atoms with Crippen molar-refractivity contribution in [1.29, 1.82) is 0 Å². The van der Waals surface area contributed by atoms with E-state index in [0.717, 1.165) is 11.1 Å². The van der Waals surface area contributed by atoms with Gasteiger partial charge < -0.3 is 11.5 Å². The summed E-state index contributed by atoms with van der Waals surface area (Å²) in [6.07, 6.45) is 0.574. The summed E-state index contributed by atoms with van der Waals surface area (Å²) < 4.78 is 0. The van der Waals surface area contributed by atoms with Crippen molar-refractivity contribution < 1.29 is 4.79 Å². The van der Waals surface area contributed by atoms with Crippen molar-refractivity contribution in [3.63, 3.8) is 0 Å². The van der Waals surface area contributed by atoms with E-state index in [4.69, 9.17) is 11.5 Å². The Labute approximate surface area is 106 Å². The number of hydrogen-bond donors (Lipinski definition) is 2. The summed E-state index contributed by atoms with van der Waals surface area (Å²) in [6, 6.07) is 17.1. The van der Waals surface area contributed by atoms with Crippen molar-refractivity contribution in [3.05, 3.63) is 65.7 Å². The van der Waals surface area contributed by atoms with Crippen molar-refractivity contribution in [2.75, 3.05) is 5.73 Å². The molecule has 3 heteroatoms. The summed E-state index contributed by atoms with van der Waals surface area (Å²) in [4.78, 5) is 11.6. The highest BCUT2D eigenvalue weighted by atomic mass is 16.1. The van der Waals surface area contributed by atoms with Crippen LogP contribution in [0.5, 0.6) is 0 Å². The fourth-order valence-electron chi connectivity index (χ4n) is 2.02. The van der Waals surface area contributed by atoms with E-state index in [1.165, 1.54) is 0 Å². The lowest BCUT2D eigenvalue weighted by Gasteiger charge is -2.14. The van der Waals surface area contributed by atoms with Gasteiger partial charge in [-0.15, -0.1) is 0 Å². The molecule has 0 fully saturated rings. The second-order valence-corrected chi connectivity index (χ2v) is 4.31. The van der Waals surface area contributed by atoms with E-state index < -0.39 is 0 Å². The Kier molecular flexibility index (Phi) is 3.63. The highest BCUT2D eigenvalue weighted by Gasteiger charge is 2.17. The molecule has 0 bridgehead atoms. The van der Waals surface area contributed by atoms with Gasteiger partial charge in [-0.1, -0.05) is 42.5 Å². The molecule has 0 saturated carbocycles. The number of carbonyl (C=O) groups is 1. The van der Waals surface area contributed by atoms with Crippen LogP contribution in [0, 0.1) is 0 Å². The Morgan fingerprint density at radius 3 is 2.39 bits per heavy atom. The lowest BCUT2D eigenvalue weighted by molar-refractivity contribution is -0.119. The molecule has 0 aromatic heterocycles. The standard InChI is InChI=1S/C15H16N2O/c16-13-8-4-5-11(9-13)10-14(15(17)18)12-6-2-1-3-7-12/h1-9,14H,10,16H2,(H2,17,18). The first-order chi connectivity index (χ1) is 8.66. The van der Waals surface area contributed by atoms with Gasteiger partial charge >= 0.3 is 0 Å². The molecule has 92 valence electrons. The first kappa shape index (κ1) is 12.2. The monoisotopic (exact) mass is 240 g/mol. The Bertz CT molecular complexity index is 537. The van der Waals surface area contributed by atoms with Crippen molar-refractivity contribution in [2.24, 2.45) is 5.73 Å². The Hall–Kier alpha value is -2.29. The third-order valence-electron chi connectivity index (χ3n) is 2.94. The average molecular weight is 240 g/mol.